The Balaban J connectivity index is 1.97. The van der Waals surface area contributed by atoms with Crippen molar-refractivity contribution in [1.82, 2.24) is 4.98 Å². The molecule has 6 heteroatoms. The molecule has 0 saturated carbocycles. The van der Waals surface area contributed by atoms with Gasteiger partial charge in [0.1, 0.15) is 0 Å². The fourth-order valence-corrected chi connectivity index (χ4v) is 2.49. The number of carbonyl (C=O) groups excluding carboxylic acids is 1. The largest absolute Gasteiger partial charge is 0.504 e. The number of rotatable bonds is 3. The summed E-state index contributed by atoms with van der Waals surface area (Å²) >= 11 is 6.13. The van der Waals surface area contributed by atoms with Gasteiger partial charge in [-0.25, -0.2) is 0 Å². The van der Waals surface area contributed by atoms with E-state index >= 15 is 0 Å². The van der Waals surface area contributed by atoms with Crippen LogP contribution in [-0.4, -0.2) is 23.1 Å². The summed E-state index contributed by atoms with van der Waals surface area (Å²) in [5.74, 6) is -0.0379. The highest BCUT2D eigenvalue weighted by molar-refractivity contribution is 6.36. The summed E-state index contributed by atoms with van der Waals surface area (Å²) < 4.78 is 5.03. The van der Waals surface area contributed by atoms with E-state index in [1.165, 1.54) is 13.2 Å². The smallest absolute Gasteiger partial charge is 0.257 e. The molecule has 0 fully saturated rings. The van der Waals surface area contributed by atoms with Crippen molar-refractivity contribution in [1.29, 1.82) is 0 Å². The highest BCUT2D eigenvalue weighted by atomic mass is 35.5. The molecule has 0 bridgehead atoms. The normalized spacial score (nSPS) is 10.5. The van der Waals surface area contributed by atoms with Crippen molar-refractivity contribution in [2.75, 3.05) is 12.4 Å². The van der Waals surface area contributed by atoms with E-state index in [2.05, 4.69) is 10.3 Å². The summed E-state index contributed by atoms with van der Waals surface area (Å²) in [6, 6.07) is 11.4. The number of amides is 1. The van der Waals surface area contributed by atoms with E-state index in [0.29, 0.717) is 27.2 Å². The van der Waals surface area contributed by atoms with Gasteiger partial charge in [0, 0.05) is 23.3 Å². The van der Waals surface area contributed by atoms with Gasteiger partial charge in [-0.15, -0.1) is 0 Å². The number of phenols is 1. The van der Waals surface area contributed by atoms with Gasteiger partial charge in [0.15, 0.2) is 11.5 Å². The maximum absolute atomic E-state index is 12.5. The van der Waals surface area contributed by atoms with Crippen molar-refractivity contribution >= 4 is 34.1 Å². The molecular weight excluding hydrogens is 316 g/mol. The molecule has 0 atom stereocenters. The van der Waals surface area contributed by atoms with E-state index < -0.39 is 0 Å². The Hall–Kier alpha value is -2.79. The number of hydrogen-bond donors (Lipinski definition) is 2. The van der Waals surface area contributed by atoms with E-state index in [4.69, 9.17) is 16.3 Å². The number of benzene rings is 2. The maximum atomic E-state index is 12.5. The third kappa shape index (κ3) is 2.91. The molecule has 2 aromatic carbocycles. The van der Waals surface area contributed by atoms with Crippen LogP contribution in [0.2, 0.25) is 5.02 Å². The monoisotopic (exact) mass is 328 g/mol. The third-order valence-electron chi connectivity index (χ3n) is 3.40. The Labute approximate surface area is 137 Å². The predicted molar refractivity (Wildman–Crippen MR) is 89.4 cm³/mol. The second-order valence-corrected chi connectivity index (χ2v) is 5.24. The minimum Gasteiger partial charge on any atom is -0.504 e. The molecule has 1 aromatic heterocycles. The average Bonchev–Trinajstić information content (AvgIpc) is 2.57. The Kier molecular flexibility index (Phi) is 4.04. The number of phenolic OH excluding ortho intramolecular Hbond substituents is 1. The van der Waals surface area contributed by atoms with E-state index in [-0.39, 0.29) is 17.4 Å². The number of halogens is 1. The Bertz CT molecular complexity index is 896. The summed E-state index contributed by atoms with van der Waals surface area (Å²) in [7, 11) is 1.44. The van der Waals surface area contributed by atoms with Crippen molar-refractivity contribution < 1.29 is 14.6 Å². The number of hydrogen-bond acceptors (Lipinski definition) is 4. The van der Waals surface area contributed by atoms with E-state index in [1.54, 1.807) is 36.5 Å². The lowest BCUT2D eigenvalue weighted by molar-refractivity contribution is 0.102. The zero-order valence-electron chi connectivity index (χ0n) is 12.2. The number of anilines is 1. The van der Waals surface area contributed by atoms with Gasteiger partial charge in [-0.3, -0.25) is 9.78 Å². The zero-order valence-corrected chi connectivity index (χ0v) is 13.0. The second kappa shape index (κ2) is 6.14. The first kappa shape index (κ1) is 15.1. The van der Waals surface area contributed by atoms with Crippen LogP contribution in [0.25, 0.3) is 10.9 Å². The molecule has 0 aliphatic carbocycles. The van der Waals surface area contributed by atoms with Gasteiger partial charge < -0.3 is 15.2 Å². The van der Waals surface area contributed by atoms with E-state index in [1.807, 2.05) is 6.07 Å². The molecule has 0 aliphatic rings. The molecule has 116 valence electrons. The number of nitrogens with one attached hydrogen (secondary N) is 1. The van der Waals surface area contributed by atoms with E-state index in [9.17, 15) is 9.90 Å². The number of pyridine rings is 1. The minimum atomic E-state index is -0.321. The Morgan fingerprint density at radius 3 is 2.87 bits per heavy atom. The topological polar surface area (TPSA) is 71.5 Å². The van der Waals surface area contributed by atoms with Crippen molar-refractivity contribution in [2.24, 2.45) is 0 Å². The van der Waals surface area contributed by atoms with Crippen molar-refractivity contribution in [2.45, 2.75) is 0 Å². The molecule has 2 N–H and O–H groups in total. The Morgan fingerprint density at radius 1 is 1.26 bits per heavy atom. The highest BCUT2D eigenvalue weighted by Crippen LogP contribution is 2.29. The number of methoxy groups -OCH3 is 1. The quantitative estimate of drug-likeness (QED) is 0.716. The first-order chi connectivity index (χ1) is 11.1. The van der Waals surface area contributed by atoms with Crippen molar-refractivity contribution in [3.05, 3.63) is 59.2 Å². The van der Waals surface area contributed by atoms with Crippen LogP contribution in [0.1, 0.15) is 10.4 Å². The SMILES string of the molecule is COc1cc(NC(=O)c2ccc(Cl)c3cccnc23)ccc1O. The number of ether oxygens (including phenoxy) is 1. The zero-order chi connectivity index (χ0) is 16.4. The molecule has 5 nitrogen and oxygen atoms in total. The third-order valence-corrected chi connectivity index (χ3v) is 3.73. The average molecular weight is 329 g/mol. The molecule has 1 heterocycles. The second-order valence-electron chi connectivity index (χ2n) is 4.84. The molecule has 0 aliphatic heterocycles. The molecule has 0 radical (unpaired) electrons. The van der Waals surface area contributed by atoms with Crippen LogP contribution in [0, 0.1) is 0 Å². The molecule has 3 rings (SSSR count). The summed E-state index contributed by atoms with van der Waals surface area (Å²) in [5, 5.41) is 13.6. The Morgan fingerprint density at radius 2 is 2.09 bits per heavy atom. The minimum absolute atomic E-state index is 0.00380. The number of aromatic nitrogens is 1. The summed E-state index contributed by atoms with van der Waals surface area (Å²) in [6.07, 6.45) is 1.61. The lowest BCUT2D eigenvalue weighted by atomic mass is 10.1. The number of carbonyl (C=O) groups is 1. The van der Waals surface area contributed by atoms with Gasteiger partial charge >= 0.3 is 0 Å². The summed E-state index contributed by atoms with van der Waals surface area (Å²) in [6.45, 7) is 0. The van der Waals surface area contributed by atoms with Gasteiger partial charge in [-0.1, -0.05) is 11.6 Å². The van der Waals surface area contributed by atoms with Gasteiger partial charge in [0.2, 0.25) is 0 Å². The molecule has 3 aromatic rings. The van der Waals surface area contributed by atoms with Crippen molar-refractivity contribution in [3.63, 3.8) is 0 Å². The van der Waals surface area contributed by atoms with Gasteiger partial charge in [0.05, 0.1) is 23.2 Å². The predicted octanol–water partition coefficient (Wildman–Crippen LogP) is 3.85. The van der Waals surface area contributed by atoms with Crippen LogP contribution in [0.3, 0.4) is 0 Å². The van der Waals surface area contributed by atoms with Crippen LogP contribution < -0.4 is 10.1 Å². The highest BCUT2D eigenvalue weighted by Gasteiger charge is 2.14. The number of fused-ring (bicyclic) bond motifs is 1. The van der Waals surface area contributed by atoms with Gasteiger partial charge in [-0.2, -0.15) is 0 Å². The first-order valence-corrected chi connectivity index (χ1v) is 7.19. The summed E-state index contributed by atoms with van der Waals surface area (Å²) in [5.41, 5.74) is 1.45. The fourth-order valence-electron chi connectivity index (χ4n) is 2.27. The molecule has 23 heavy (non-hydrogen) atoms. The van der Waals surface area contributed by atoms with Crippen LogP contribution in [0.15, 0.2) is 48.7 Å². The van der Waals surface area contributed by atoms with Crippen molar-refractivity contribution in [3.8, 4) is 11.5 Å². The first-order valence-electron chi connectivity index (χ1n) is 6.81. The standard InChI is InChI=1S/C17H13ClN2O3/c1-23-15-9-10(4-7-14(15)21)20-17(22)12-5-6-13(18)11-3-2-8-19-16(11)12/h2-9,21H,1H3,(H,20,22). The molecular formula is C17H13ClN2O3. The lowest BCUT2D eigenvalue weighted by Gasteiger charge is -2.10. The fraction of sp³-hybridized carbons (Fsp3) is 0.0588. The lowest BCUT2D eigenvalue weighted by Crippen LogP contribution is -2.13. The molecule has 0 saturated heterocycles. The van der Waals surface area contributed by atoms with Gasteiger partial charge in [-0.05, 0) is 36.4 Å². The molecule has 0 spiro atoms. The molecule has 0 unspecified atom stereocenters. The number of aromatic hydroxyl groups is 1. The van der Waals surface area contributed by atoms with Crippen LogP contribution in [-0.2, 0) is 0 Å². The summed E-state index contributed by atoms with van der Waals surface area (Å²) in [4.78, 5) is 16.8. The van der Waals surface area contributed by atoms with Crippen LogP contribution in [0.4, 0.5) is 5.69 Å². The number of nitrogens with zero attached hydrogens (tertiary/aromatic N) is 1. The van der Waals surface area contributed by atoms with Gasteiger partial charge in [0.25, 0.3) is 5.91 Å². The van der Waals surface area contributed by atoms with Crippen LogP contribution in [0.5, 0.6) is 11.5 Å². The maximum Gasteiger partial charge on any atom is 0.257 e. The van der Waals surface area contributed by atoms with E-state index in [0.717, 1.165) is 0 Å². The molecule has 1 amide bonds. The van der Waals surface area contributed by atoms with Crippen LogP contribution >= 0.6 is 11.6 Å².